The number of Topliss-reactive ketones (excluding diaryl/α,β-unsaturated/α-hetero) is 3. The quantitative estimate of drug-likeness (QED) is 0.209. The molecular formula is C74H120BrN11O6. The number of fused-ring (bicyclic) bond motifs is 15. The first-order valence-electron chi connectivity index (χ1n) is 36.6. The SMILES string of the molecule is C.CC1=NN=NC1.C[C@@]1(O)CC[C@@]2(C)[C@H](CC[C@@H]3[C@@H]2CC[C@]2(C)[C@@H](C(=O)CBr)CC[C@@H]32)C1.Cc1nnn(CC(=O)[C@H]2CC[C@H]3[C@@H]4CC[C@@H]5C[C@](C)(O)CC[C@]5(C)[C@H]4CC[C@]23C)n1.Cc1nnnn1CC(=O)[C@H]1CC[C@H]2[C@@H]3CC[C@@H]4C[C@](C)(O)CC[C@]4(C)[C@H]3CC[C@]12C. The first-order chi connectivity index (χ1) is 42.9. The minimum absolute atomic E-state index is 0. The number of alkyl halides is 1. The molecular weight excluding hydrogens is 1220 g/mol. The number of ketones is 3. The molecule has 0 spiro atoms. The molecule has 3 heterocycles. The summed E-state index contributed by atoms with van der Waals surface area (Å²) >= 11 is 3.43. The zero-order valence-corrected chi connectivity index (χ0v) is 59.5. The van der Waals surface area contributed by atoms with Crippen molar-refractivity contribution in [3.05, 3.63) is 11.6 Å². The molecule has 24 atom stereocenters. The van der Waals surface area contributed by atoms with Crippen LogP contribution < -0.4 is 0 Å². The standard InChI is InChI=1S/2C24H38N4O2.C22H35BrO2.C3H5N3.CH4/c1-15-25-26-27-28(15)14-21(29)20-8-7-18-17-6-5-16-13-22(2,30)11-12-23(16,3)19(17)9-10-24(18,20)4;1-15-25-27-28(26-15)14-21(29)20-8-7-18-17-6-5-16-13-22(2,30)11-12-23(16,3)19(17)9-10-24(18,20)4;1-20(25)10-11-21(2)14(12-20)4-5-15-16-6-7-18(19(24)13-23)22(16,3)9-8-17(15)21;1-3-2-4-6-5-3;/h2*16-20,30H,5-14H2,1-4H3;14-18,25H,4-13H2,1-3H3;2H2,1H3;1H4/t2*16-,17+,18+,19+,20-,22-,23+,24+;14-,15+,16+,17+,18-,20-,21+,22+;;/m111../s1. The van der Waals surface area contributed by atoms with Crippen molar-refractivity contribution in [3.8, 4) is 0 Å². The Morgan fingerprint density at radius 2 is 0.859 bits per heavy atom. The van der Waals surface area contributed by atoms with Crippen molar-refractivity contribution in [1.29, 1.82) is 0 Å². The van der Waals surface area contributed by atoms with Crippen LogP contribution in [0.5, 0.6) is 0 Å². The maximum atomic E-state index is 13.3. The molecule has 0 radical (unpaired) electrons. The molecule has 2 aromatic rings. The lowest BCUT2D eigenvalue weighted by molar-refractivity contribution is -0.151. The molecule has 17 nitrogen and oxygen atoms in total. The van der Waals surface area contributed by atoms with E-state index in [2.05, 4.69) is 104 Å². The highest BCUT2D eigenvalue weighted by molar-refractivity contribution is 9.09. The Morgan fingerprint density at radius 3 is 1.18 bits per heavy atom. The maximum absolute atomic E-state index is 13.3. The predicted molar refractivity (Wildman–Crippen MR) is 361 cm³/mol. The Hall–Kier alpha value is -3.22. The van der Waals surface area contributed by atoms with Crippen molar-refractivity contribution in [2.45, 2.75) is 294 Å². The fraction of sp³-hybridized carbons (Fsp3) is 0.919. The monoisotopic (exact) mass is 1340 g/mol. The molecule has 18 heteroatoms. The Balaban J connectivity index is 0.000000135. The van der Waals surface area contributed by atoms with E-state index >= 15 is 0 Å². The van der Waals surface area contributed by atoms with E-state index in [1.165, 1.54) is 101 Å². The zero-order valence-electron chi connectivity index (χ0n) is 57.9. The van der Waals surface area contributed by atoms with E-state index in [0.29, 0.717) is 93.3 Å². The molecule has 1 aliphatic heterocycles. The van der Waals surface area contributed by atoms with Gasteiger partial charge in [-0.2, -0.15) is 9.91 Å². The Labute approximate surface area is 560 Å². The van der Waals surface area contributed by atoms with E-state index in [4.69, 9.17) is 0 Å². The third kappa shape index (κ3) is 12.6. The summed E-state index contributed by atoms with van der Waals surface area (Å²) in [6.45, 7) is 27.8. The van der Waals surface area contributed by atoms with Crippen molar-refractivity contribution in [2.75, 3.05) is 11.9 Å². The van der Waals surface area contributed by atoms with Crippen LogP contribution in [0.3, 0.4) is 0 Å². The second-order valence-corrected chi connectivity index (χ2v) is 36.2. The molecule has 0 aromatic carbocycles. The second kappa shape index (κ2) is 25.9. The molecule has 12 fully saturated rings. The van der Waals surface area contributed by atoms with Gasteiger partial charge in [-0.25, -0.2) is 4.68 Å². The second-order valence-electron chi connectivity index (χ2n) is 35.6. The van der Waals surface area contributed by atoms with Crippen LogP contribution in [-0.2, 0) is 27.5 Å². The Kier molecular flexibility index (Phi) is 19.7. The number of aliphatic hydroxyl groups is 3. The summed E-state index contributed by atoms with van der Waals surface area (Å²) < 4.78 is 1.66. The van der Waals surface area contributed by atoms with Crippen LogP contribution in [0.25, 0.3) is 0 Å². The highest BCUT2D eigenvalue weighted by Crippen LogP contribution is 2.72. The van der Waals surface area contributed by atoms with Gasteiger partial charge in [0.15, 0.2) is 17.4 Å². The van der Waals surface area contributed by atoms with E-state index in [1.54, 1.807) is 4.68 Å². The summed E-state index contributed by atoms with van der Waals surface area (Å²) in [5, 5.41) is 66.9. The number of tetrazole rings is 2. The van der Waals surface area contributed by atoms with E-state index in [9.17, 15) is 29.7 Å². The number of hydrogen-bond donors (Lipinski definition) is 3. The molecule has 0 amide bonds. The Morgan fingerprint density at radius 1 is 0.467 bits per heavy atom. The topological polar surface area (TPSA) is 236 Å². The molecule has 15 rings (SSSR count). The van der Waals surface area contributed by atoms with Gasteiger partial charge in [0.2, 0.25) is 0 Å². The molecule has 0 unspecified atom stereocenters. The van der Waals surface area contributed by atoms with Crippen LogP contribution in [0.2, 0.25) is 0 Å². The van der Waals surface area contributed by atoms with Crippen LogP contribution >= 0.6 is 15.9 Å². The van der Waals surface area contributed by atoms with Gasteiger partial charge in [0.05, 0.1) is 27.8 Å². The van der Waals surface area contributed by atoms with Gasteiger partial charge < -0.3 is 15.3 Å². The van der Waals surface area contributed by atoms with Crippen LogP contribution in [-0.4, -0.2) is 107 Å². The van der Waals surface area contributed by atoms with Gasteiger partial charge in [-0.3, -0.25) is 14.4 Å². The van der Waals surface area contributed by atoms with Gasteiger partial charge in [-0.15, -0.1) is 20.4 Å². The van der Waals surface area contributed by atoms with Crippen molar-refractivity contribution in [2.24, 2.45) is 137 Å². The molecule has 12 aliphatic carbocycles. The molecule has 3 N–H and O–H groups in total. The molecule has 13 aliphatic rings. The number of aryl methyl sites for hydroxylation is 2. The number of nitrogens with zero attached hydrogens (tertiary/aromatic N) is 11. The molecule has 2 aromatic heterocycles. The summed E-state index contributed by atoms with van der Waals surface area (Å²) in [6.07, 6.45) is 31.2. The van der Waals surface area contributed by atoms with E-state index in [1.807, 2.05) is 41.5 Å². The third-order valence-corrected chi connectivity index (χ3v) is 31.2. The number of halogens is 1. The number of aromatic nitrogens is 8. The first kappa shape index (κ1) is 70.1. The van der Waals surface area contributed by atoms with Crippen molar-refractivity contribution in [1.82, 2.24) is 40.4 Å². The zero-order chi connectivity index (χ0) is 65.1. The highest BCUT2D eigenvalue weighted by Gasteiger charge is 2.65. The minimum atomic E-state index is -0.473. The maximum Gasteiger partial charge on any atom is 0.171 e. The van der Waals surface area contributed by atoms with Gasteiger partial charge in [-0.05, 0) is 339 Å². The lowest BCUT2D eigenvalue weighted by Gasteiger charge is -2.61. The summed E-state index contributed by atoms with van der Waals surface area (Å²) in [4.78, 5) is 40.5. The van der Waals surface area contributed by atoms with Crippen LogP contribution in [0.15, 0.2) is 15.4 Å². The molecule has 514 valence electrons. The van der Waals surface area contributed by atoms with Crippen molar-refractivity contribution in [3.63, 3.8) is 0 Å². The molecule has 0 bridgehead atoms. The van der Waals surface area contributed by atoms with Crippen molar-refractivity contribution < 1.29 is 29.7 Å². The van der Waals surface area contributed by atoms with E-state index in [0.717, 1.165) is 124 Å². The van der Waals surface area contributed by atoms with Gasteiger partial charge in [0, 0.05) is 17.8 Å². The van der Waals surface area contributed by atoms with Gasteiger partial charge in [-0.1, -0.05) is 64.9 Å². The predicted octanol–water partition coefficient (Wildman–Crippen LogP) is 14.7. The smallest absolute Gasteiger partial charge is 0.171 e. The fourth-order valence-electron chi connectivity index (χ4n) is 25.5. The largest absolute Gasteiger partial charge is 0.390 e. The van der Waals surface area contributed by atoms with Crippen LogP contribution in [0.4, 0.5) is 0 Å². The summed E-state index contributed by atoms with van der Waals surface area (Å²) in [7, 11) is 0. The number of carbonyl (C=O) groups excluding carboxylic acids is 3. The lowest BCUT2D eigenvalue weighted by atomic mass is 9.44. The number of hydrogen-bond acceptors (Lipinski definition) is 15. The van der Waals surface area contributed by atoms with Gasteiger partial charge in [0.25, 0.3) is 0 Å². The molecule has 92 heavy (non-hydrogen) atoms. The lowest BCUT2D eigenvalue weighted by Crippen LogP contribution is -2.55. The Bertz CT molecular complexity index is 3070. The number of carbonyl (C=O) groups is 3. The summed E-state index contributed by atoms with van der Waals surface area (Å²) in [6, 6.07) is 0. The molecule has 0 saturated heterocycles. The van der Waals surface area contributed by atoms with E-state index in [-0.39, 0.29) is 48.0 Å². The summed E-state index contributed by atoms with van der Waals surface area (Å²) in [5.74, 6) is 11.7. The summed E-state index contributed by atoms with van der Waals surface area (Å²) in [5.41, 5.74) is 1.27. The fourth-order valence-corrected chi connectivity index (χ4v) is 25.9. The third-order valence-electron chi connectivity index (χ3n) is 30.6. The highest BCUT2D eigenvalue weighted by atomic mass is 79.9. The average Bonchev–Trinajstić information content (AvgIpc) is 1.50. The normalized spacial score (nSPS) is 47.5. The molecule has 12 saturated carbocycles. The first-order valence-corrected chi connectivity index (χ1v) is 37.7. The minimum Gasteiger partial charge on any atom is -0.390 e. The number of rotatable bonds is 8. The van der Waals surface area contributed by atoms with Gasteiger partial charge >= 0.3 is 0 Å². The van der Waals surface area contributed by atoms with Gasteiger partial charge in [0.1, 0.15) is 31.2 Å². The van der Waals surface area contributed by atoms with Crippen LogP contribution in [0, 0.1) is 135 Å². The van der Waals surface area contributed by atoms with E-state index < -0.39 is 16.8 Å². The van der Waals surface area contributed by atoms with Crippen molar-refractivity contribution >= 4 is 39.0 Å². The van der Waals surface area contributed by atoms with Crippen LogP contribution in [0.1, 0.15) is 262 Å². The average molecular weight is 1340 g/mol.